The van der Waals surface area contributed by atoms with Crippen LogP contribution in [0.3, 0.4) is 0 Å². The van der Waals surface area contributed by atoms with Gasteiger partial charge in [-0.15, -0.1) is 0 Å². The standard InChI is InChI=1S/C27H35N3O2/c28-24-13-7-8-14-25(24)30(27(32)22-11-5-2-6-12-22)19-20-15-17-23(18-16-20)29-26(31)21-9-3-1-4-10-21/h2,5-6,11-12,15-18,21,24-25H,1,3-4,7-10,13-14,19,28H2,(H,29,31). The number of carbonyl (C=O) groups is 2. The zero-order valence-electron chi connectivity index (χ0n) is 18.8. The third-order valence-electron chi connectivity index (χ3n) is 7.01. The molecule has 32 heavy (non-hydrogen) atoms. The summed E-state index contributed by atoms with van der Waals surface area (Å²) in [5.41, 5.74) is 9.02. The number of nitrogens with two attached hydrogens (primary N) is 1. The van der Waals surface area contributed by atoms with Gasteiger partial charge in [0, 0.05) is 35.8 Å². The Labute approximate surface area is 191 Å². The lowest BCUT2D eigenvalue weighted by molar-refractivity contribution is -0.120. The number of benzene rings is 2. The second-order valence-electron chi connectivity index (χ2n) is 9.34. The molecule has 0 heterocycles. The molecule has 0 spiro atoms. The molecule has 0 saturated heterocycles. The highest BCUT2D eigenvalue weighted by Crippen LogP contribution is 2.27. The van der Waals surface area contributed by atoms with Crippen LogP contribution in [0.4, 0.5) is 5.69 Å². The van der Waals surface area contributed by atoms with Gasteiger partial charge in [0.25, 0.3) is 5.91 Å². The van der Waals surface area contributed by atoms with E-state index >= 15 is 0 Å². The van der Waals surface area contributed by atoms with Gasteiger partial charge < -0.3 is 16.0 Å². The summed E-state index contributed by atoms with van der Waals surface area (Å²) in [6.07, 6.45) is 9.62. The maximum absolute atomic E-state index is 13.4. The number of nitrogens with zero attached hydrogens (tertiary/aromatic N) is 1. The van der Waals surface area contributed by atoms with E-state index in [2.05, 4.69) is 5.32 Å². The van der Waals surface area contributed by atoms with Gasteiger partial charge in [-0.05, 0) is 55.5 Å². The fourth-order valence-corrected chi connectivity index (χ4v) is 5.11. The van der Waals surface area contributed by atoms with Crippen molar-refractivity contribution in [2.24, 2.45) is 11.7 Å². The van der Waals surface area contributed by atoms with Crippen molar-refractivity contribution in [2.75, 3.05) is 5.32 Å². The topological polar surface area (TPSA) is 75.4 Å². The lowest BCUT2D eigenvalue weighted by atomic mass is 9.88. The zero-order valence-corrected chi connectivity index (χ0v) is 18.8. The van der Waals surface area contributed by atoms with Gasteiger partial charge in [-0.2, -0.15) is 0 Å². The summed E-state index contributed by atoms with van der Waals surface area (Å²) in [6, 6.07) is 17.4. The first-order valence-corrected chi connectivity index (χ1v) is 12.1. The number of anilines is 1. The Kier molecular flexibility index (Phi) is 7.59. The highest BCUT2D eigenvalue weighted by Gasteiger charge is 2.31. The number of hydrogen-bond donors (Lipinski definition) is 2. The molecule has 2 aromatic carbocycles. The van der Waals surface area contributed by atoms with E-state index in [9.17, 15) is 9.59 Å². The lowest BCUT2D eigenvalue weighted by Crippen LogP contribution is -2.51. The Morgan fingerprint density at radius 1 is 0.844 bits per heavy atom. The van der Waals surface area contributed by atoms with Gasteiger partial charge in [0.1, 0.15) is 0 Å². The molecule has 2 aliphatic carbocycles. The summed E-state index contributed by atoms with van der Waals surface area (Å²) in [5.74, 6) is 0.296. The lowest BCUT2D eigenvalue weighted by Gasteiger charge is -2.38. The average molecular weight is 434 g/mol. The fraction of sp³-hybridized carbons (Fsp3) is 0.481. The Morgan fingerprint density at radius 3 is 2.19 bits per heavy atom. The molecule has 2 fully saturated rings. The molecule has 2 aliphatic rings. The minimum Gasteiger partial charge on any atom is -0.330 e. The van der Waals surface area contributed by atoms with E-state index < -0.39 is 0 Å². The number of nitrogens with one attached hydrogen (secondary N) is 1. The molecule has 2 atom stereocenters. The third-order valence-corrected chi connectivity index (χ3v) is 7.01. The van der Waals surface area contributed by atoms with Crippen molar-refractivity contribution in [1.29, 1.82) is 0 Å². The quantitative estimate of drug-likeness (QED) is 0.664. The summed E-state index contributed by atoms with van der Waals surface area (Å²) < 4.78 is 0. The van der Waals surface area contributed by atoms with Crippen LogP contribution in [-0.2, 0) is 11.3 Å². The predicted octanol–water partition coefficient (Wildman–Crippen LogP) is 5.12. The number of rotatable bonds is 6. The summed E-state index contributed by atoms with van der Waals surface area (Å²) in [4.78, 5) is 27.9. The van der Waals surface area contributed by atoms with Gasteiger partial charge in [-0.3, -0.25) is 9.59 Å². The molecule has 0 radical (unpaired) electrons. The second kappa shape index (κ2) is 10.8. The smallest absolute Gasteiger partial charge is 0.254 e. The van der Waals surface area contributed by atoms with Crippen LogP contribution in [0.25, 0.3) is 0 Å². The highest BCUT2D eigenvalue weighted by atomic mass is 16.2. The maximum atomic E-state index is 13.4. The van der Waals surface area contributed by atoms with E-state index in [0.29, 0.717) is 12.1 Å². The van der Waals surface area contributed by atoms with Crippen LogP contribution < -0.4 is 11.1 Å². The summed E-state index contributed by atoms with van der Waals surface area (Å²) in [6.45, 7) is 0.517. The van der Waals surface area contributed by atoms with Crippen molar-refractivity contribution in [3.63, 3.8) is 0 Å². The van der Waals surface area contributed by atoms with E-state index in [1.54, 1.807) is 0 Å². The normalized spacial score (nSPS) is 21.7. The average Bonchev–Trinajstić information content (AvgIpc) is 2.85. The zero-order chi connectivity index (χ0) is 22.3. The van der Waals surface area contributed by atoms with Gasteiger partial charge in [0.15, 0.2) is 0 Å². The van der Waals surface area contributed by atoms with E-state index in [4.69, 9.17) is 5.73 Å². The molecule has 2 unspecified atom stereocenters. The Hall–Kier alpha value is -2.66. The van der Waals surface area contributed by atoms with Crippen LogP contribution in [-0.4, -0.2) is 28.8 Å². The molecule has 170 valence electrons. The van der Waals surface area contributed by atoms with Crippen LogP contribution in [0.5, 0.6) is 0 Å². The Bertz CT molecular complexity index is 891. The molecule has 3 N–H and O–H groups in total. The molecule has 5 nitrogen and oxygen atoms in total. The van der Waals surface area contributed by atoms with Crippen LogP contribution in [0, 0.1) is 5.92 Å². The first-order valence-electron chi connectivity index (χ1n) is 12.1. The largest absolute Gasteiger partial charge is 0.330 e. The first kappa shape index (κ1) is 22.5. The molecular formula is C27H35N3O2. The van der Waals surface area contributed by atoms with Crippen LogP contribution >= 0.6 is 0 Å². The molecule has 2 saturated carbocycles. The van der Waals surface area contributed by atoms with Crippen molar-refractivity contribution in [3.8, 4) is 0 Å². The molecule has 2 aromatic rings. The van der Waals surface area contributed by atoms with E-state index in [1.807, 2.05) is 59.5 Å². The van der Waals surface area contributed by atoms with Crippen molar-refractivity contribution in [1.82, 2.24) is 4.90 Å². The number of carbonyl (C=O) groups excluding carboxylic acids is 2. The molecule has 5 heteroatoms. The van der Waals surface area contributed by atoms with Gasteiger partial charge in [0.2, 0.25) is 5.91 Å². The highest BCUT2D eigenvalue weighted by molar-refractivity contribution is 5.94. The van der Waals surface area contributed by atoms with Gasteiger partial charge in [-0.1, -0.05) is 62.4 Å². The molecular weight excluding hydrogens is 398 g/mol. The van der Waals surface area contributed by atoms with E-state index in [1.165, 1.54) is 6.42 Å². The SMILES string of the molecule is NC1CCCCC1N(Cc1ccc(NC(=O)C2CCCCC2)cc1)C(=O)c1ccccc1. The van der Waals surface area contributed by atoms with Crippen molar-refractivity contribution in [2.45, 2.75) is 76.4 Å². The third kappa shape index (κ3) is 5.57. The molecule has 0 aliphatic heterocycles. The summed E-state index contributed by atoms with van der Waals surface area (Å²) >= 11 is 0. The van der Waals surface area contributed by atoms with Crippen molar-refractivity contribution in [3.05, 3.63) is 65.7 Å². The van der Waals surface area contributed by atoms with Crippen molar-refractivity contribution >= 4 is 17.5 Å². The molecule has 0 aromatic heterocycles. The molecule has 0 bridgehead atoms. The van der Waals surface area contributed by atoms with E-state index in [0.717, 1.165) is 62.6 Å². The summed E-state index contributed by atoms with van der Waals surface area (Å²) in [5, 5.41) is 3.07. The molecule has 4 rings (SSSR count). The van der Waals surface area contributed by atoms with Crippen LogP contribution in [0.15, 0.2) is 54.6 Å². The maximum Gasteiger partial charge on any atom is 0.254 e. The first-order chi connectivity index (χ1) is 15.6. The monoisotopic (exact) mass is 433 g/mol. The molecule has 2 amide bonds. The van der Waals surface area contributed by atoms with Gasteiger partial charge >= 0.3 is 0 Å². The van der Waals surface area contributed by atoms with Gasteiger partial charge in [-0.25, -0.2) is 0 Å². The van der Waals surface area contributed by atoms with E-state index in [-0.39, 0.29) is 29.8 Å². The van der Waals surface area contributed by atoms with Crippen LogP contribution in [0.1, 0.15) is 73.7 Å². The minimum atomic E-state index is 0.00506. The van der Waals surface area contributed by atoms with Crippen molar-refractivity contribution < 1.29 is 9.59 Å². The van der Waals surface area contributed by atoms with Gasteiger partial charge in [0.05, 0.1) is 0 Å². The Balaban J connectivity index is 1.46. The van der Waals surface area contributed by atoms with Crippen LogP contribution in [0.2, 0.25) is 0 Å². The number of hydrogen-bond acceptors (Lipinski definition) is 3. The minimum absolute atomic E-state index is 0.00506. The predicted molar refractivity (Wildman–Crippen MR) is 128 cm³/mol. The Morgan fingerprint density at radius 2 is 1.50 bits per heavy atom. The summed E-state index contributed by atoms with van der Waals surface area (Å²) in [7, 11) is 0. The number of amides is 2. The second-order valence-corrected chi connectivity index (χ2v) is 9.34. The fourth-order valence-electron chi connectivity index (χ4n) is 5.11.